The van der Waals surface area contributed by atoms with E-state index in [4.69, 9.17) is 4.74 Å². The van der Waals surface area contributed by atoms with Gasteiger partial charge in [0.15, 0.2) is 0 Å². The van der Waals surface area contributed by atoms with Crippen molar-refractivity contribution in [2.45, 2.75) is 45.4 Å². The molecule has 0 N–H and O–H groups in total. The van der Waals surface area contributed by atoms with Gasteiger partial charge in [0.2, 0.25) is 0 Å². The number of nitrogens with zero attached hydrogens (tertiary/aromatic N) is 2. The molecule has 2 heterocycles. The maximum Gasteiger partial charge on any atom is 0.258 e. The summed E-state index contributed by atoms with van der Waals surface area (Å²) in [6.07, 6.45) is 3.79. The Balaban J connectivity index is 2.04. The van der Waals surface area contributed by atoms with E-state index in [1.807, 2.05) is 0 Å². The second kappa shape index (κ2) is 7.34. The lowest BCUT2D eigenvalue weighted by molar-refractivity contribution is -0.145. The molecule has 0 aliphatic carbocycles. The van der Waals surface area contributed by atoms with Crippen LogP contribution in [-0.4, -0.2) is 48.1 Å². The van der Waals surface area contributed by atoms with Crippen LogP contribution in [0, 0.1) is 0 Å². The number of amides is 2. The van der Waals surface area contributed by atoms with E-state index in [1.165, 1.54) is 0 Å². The minimum atomic E-state index is -0.674. The molecule has 0 radical (unpaired) electrons. The van der Waals surface area contributed by atoms with E-state index < -0.39 is 5.92 Å². The topological polar surface area (TPSA) is 49.9 Å². The van der Waals surface area contributed by atoms with Crippen molar-refractivity contribution in [3.8, 4) is 0 Å². The van der Waals surface area contributed by atoms with Gasteiger partial charge in [-0.25, -0.2) is 10.0 Å². The summed E-state index contributed by atoms with van der Waals surface area (Å²) < 4.78 is 5.41. The summed E-state index contributed by atoms with van der Waals surface area (Å²) >= 11 is 0. The molecule has 0 aromatic heterocycles. The van der Waals surface area contributed by atoms with Gasteiger partial charge in [0, 0.05) is 0 Å². The predicted octanol–water partition coefficient (Wildman–Crippen LogP) is 2.29. The van der Waals surface area contributed by atoms with Gasteiger partial charge in [-0.1, -0.05) is 44.9 Å². The SMILES string of the molecule is CCCc1cccc(CCC)c1C1C(=O)N2CCOCCN2C1=O. The van der Waals surface area contributed by atoms with Crippen LogP contribution < -0.4 is 0 Å². The molecule has 2 saturated heterocycles. The smallest absolute Gasteiger partial charge is 0.258 e. The maximum atomic E-state index is 13.0. The molecule has 2 amide bonds. The summed E-state index contributed by atoms with van der Waals surface area (Å²) in [5, 5.41) is 3.19. The molecular formula is C19H26N2O3. The minimum Gasteiger partial charge on any atom is -0.378 e. The van der Waals surface area contributed by atoms with Crippen LogP contribution in [-0.2, 0) is 27.2 Å². The average Bonchev–Trinajstić information content (AvgIpc) is 2.75. The minimum absolute atomic E-state index is 0.0913. The van der Waals surface area contributed by atoms with Gasteiger partial charge < -0.3 is 4.74 Å². The quantitative estimate of drug-likeness (QED) is 0.778. The zero-order valence-corrected chi connectivity index (χ0v) is 14.6. The number of fused-ring (bicyclic) bond motifs is 1. The molecule has 3 rings (SSSR count). The Bertz CT molecular complexity index is 581. The average molecular weight is 330 g/mol. The number of carbonyl (C=O) groups excluding carboxylic acids is 2. The van der Waals surface area contributed by atoms with Crippen LogP contribution in [0.25, 0.3) is 0 Å². The van der Waals surface area contributed by atoms with E-state index in [1.54, 1.807) is 10.0 Å². The molecule has 130 valence electrons. The highest BCUT2D eigenvalue weighted by Gasteiger charge is 2.47. The first-order chi connectivity index (χ1) is 11.7. The van der Waals surface area contributed by atoms with Gasteiger partial charge in [-0.2, -0.15) is 0 Å². The lowest BCUT2D eigenvalue weighted by atomic mass is 9.86. The summed E-state index contributed by atoms with van der Waals surface area (Å²) in [5.74, 6) is -0.856. The van der Waals surface area contributed by atoms with Crippen molar-refractivity contribution in [2.75, 3.05) is 26.3 Å². The molecule has 0 unspecified atom stereocenters. The van der Waals surface area contributed by atoms with E-state index in [-0.39, 0.29) is 11.8 Å². The summed E-state index contributed by atoms with van der Waals surface area (Å²) in [4.78, 5) is 26.0. The molecule has 2 aliphatic heterocycles. The van der Waals surface area contributed by atoms with Gasteiger partial charge >= 0.3 is 0 Å². The zero-order valence-electron chi connectivity index (χ0n) is 14.6. The maximum absolute atomic E-state index is 13.0. The molecule has 5 nitrogen and oxygen atoms in total. The summed E-state index contributed by atoms with van der Waals surface area (Å²) in [6.45, 7) is 6.15. The molecule has 5 heteroatoms. The van der Waals surface area contributed by atoms with Crippen molar-refractivity contribution < 1.29 is 14.3 Å². The molecular weight excluding hydrogens is 304 g/mol. The second-order valence-electron chi connectivity index (χ2n) is 6.46. The Morgan fingerprint density at radius 3 is 1.92 bits per heavy atom. The van der Waals surface area contributed by atoms with Gasteiger partial charge in [-0.3, -0.25) is 9.59 Å². The first-order valence-electron chi connectivity index (χ1n) is 9.00. The fourth-order valence-electron chi connectivity index (χ4n) is 3.77. The first-order valence-corrected chi connectivity index (χ1v) is 9.00. The Morgan fingerprint density at radius 2 is 1.46 bits per heavy atom. The lowest BCUT2D eigenvalue weighted by Crippen LogP contribution is -2.41. The van der Waals surface area contributed by atoms with Gasteiger partial charge in [-0.15, -0.1) is 0 Å². The van der Waals surface area contributed by atoms with Crippen molar-refractivity contribution in [1.82, 2.24) is 10.0 Å². The standard InChI is InChI=1S/C19H26N2O3/c1-3-6-14-8-5-9-15(7-4-2)16(14)17-18(22)20-10-12-24-13-11-21(20)19(17)23/h5,8-9,17H,3-4,6-7,10-13H2,1-2H3. The first kappa shape index (κ1) is 17.0. The predicted molar refractivity (Wildman–Crippen MR) is 91.4 cm³/mol. The summed E-state index contributed by atoms with van der Waals surface area (Å²) in [6, 6.07) is 6.19. The zero-order chi connectivity index (χ0) is 17.1. The summed E-state index contributed by atoms with van der Waals surface area (Å²) in [5.41, 5.74) is 3.25. The van der Waals surface area contributed by atoms with Crippen LogP contribution in [0.2, 0.25) is 0 Å². The number of ether oxygens (including phenoxy) is 1. The molecule has 0 atom stereocenters. The van der Waals surface area contributed by atoms with Crippen molar-refractivity contribution >= 4 is 11.8 Å². The van der Waals surface area contributed by atoms with Crippen LogP contribution in [0.1, 0.15) is 49.3 Å². The van der Waals surface area contributed by atoms with Gasteiger partial charge in [0.1, 0.15) is 5.92 Å². The van der Waals surface area contributed by atoms with Gasteiger partial charge in [0.25, 0.3) is 11.8 Å². The Morgan fingerprint density at radius 1 is 0.958 bits per heavy atom. The fourth-order valence-corrected chi connectivity index (χ4v) is 3.77. The highest BCUT2D eigenvalue weighted by atomic mass is 16.5. The summed E-state index contributed by atoms with van der Waals surface area (Å²) in [7, 11) is 0. The van der Waals surface area contributed by atoms with E-state index in [2.05, 4.69) is 32.0 Å². The van der Waals surface area contributed by atoms with Gasteiger partial charge in [0.05, 0.1) is 26.3 Å². The number of aryl methyl sites for hydroxylation is 2. The Hall–Kier alpha value is -1.88. The van der Waals surface area contributed by atoms with Crippen LogP contribution in [0.4, 0.5) is 0 Å². The highest BCUT2D eigenvalue weighted by molar-refractivity contribution is 6.10. The van der Waals surface area contributed by atoms with E-state index in [9.17, 15) is 9.59 Å². The molecule has 1 aromatic carbocycles. The lowest BCUT2D eigenvalue weighted by Gasteiger charge is -2.23. The van der Waals surface area contributed by atoms with E-state index in [0.717, 1.165) is 42.4 Å². The third kappa shape index (κ3) is 2.93. The highest BCUT2D eigenvalue weighted by Crippen LogP contribution is 2.35. The van der Waals surface area contributed by atoms with Crippen LogP contribution >= 0.6 is 0 Å². The number of rotatable bonds is 5. The van der Waals surface area contributed by atoms with Crippen molar-refractivity contribution in [3.63, 3.8) is 0 Å². The Kier molecular flexibility index (Phi) is 5.19. The number of carbonyl (C=O) groups is 2. The normalized spacial score (nSPS) is 18.9. The van der Waals surface area contributed by atoms with E-state index in [0.29, 0.717) is 26.3 Å². The molecule has 2 fully saturated rings. The van der Waals surface area contributed by atoms with Crippen molar-refractivity contribution in [2.24, 2.45) is 0 Å². The monoisotopic (exact) mass is 330 g/mol. The Labute approximate surface area is 143 Å². The van der Waals surface area contributed by atoms with Gasteiger partial charge in [-0.05, 0) is 29.5 Å². The van der Waals surface area contributed by atoms with Crippen LogP contribution in [0.5, 0.6) is 0 Å². The van der Waals surface area contributed by atoms with E-state index >= 15 is 0 Å². The van der Waals surface area contributed by atoms with Crippen LogP contribution in [0.15, 0.2) is 18.2 Å². The molecule has 0 bridgehead atoms. The molecule has 0 spiro atoms. The molecule has 1 aromatic rings. The molecule has 2 aliphatic rings. The molecule has 0 saturated carbocycles. The van der Waals surface area contributed by atoms with Crippen LogP contribution in [0.3, 0.4) is 0 Å². The number of benzene rings is 1. The number of hydrogen-bond donors (Lipinski definition) is 0. The van der Waals surface area contributed by atoms with Crippen molar-refractivity contribution in [3.05, 3.63) is 34.9 Å². The number of hydrogen-bond acceptors (Lipinski definition) is 3. The van der Waals surface area contributed by atoms with Crippen molar-refractivity contribution in [1.29, 1.82) is 0 Å². The fraction of sp³-hybridized carbons (Fsp3) is 0.579. The third-order valence-corrected chi connectivity index (χ3v) is 4.80. The third-order valence-electron chi connectivity index (χ3n) is 4.80. The largest absolute Gasteiger partial charge is 0.378 e. The number of hydrazine groups is 1. The molecule has 24 heavy (non-hydrogen) atoms. The second-order valence-corrected chi connectivity index (χ2v) is 6.46.